The topological polar surface area (TPSA) is 40.2 Å². The average molecular weight is 346 g/mol. The summed E-state index contributed by atoms with van der Waals surface area (Å²) in [5.74, 6) is 1.50. The first kappa shape index (κ1) is 15.8. The highest BCUT2D eigenvalue weighted by Gasteiger charge is 2.29. The fourth-order valence-corrected chi connectivity index (χ4v) is 4.95. The second-order valence-electron chi connectivity index (χ2n) is 7.84. The Morgan fingerprint density at radius 1 is 1.08 bits per heavy atom. The number of ether oxygens (including phenoxy) is 1. The van der Waals surface area contributed by atoms with Gasteiger partial charge in [0.1, 0.15) is 6.61 Å². The number of rotatable bonds is 1. The molecule has 1 aromatic heterocycles. The van der Waals surface area contributed by atoms with Crippen molar-refractivity contribution in [2.75, 3.05) is 12.3 Å². The predicted octanol–water partition coefficient (Wildman–Crippen LogP) is 5.64. The van der Waals surface area contributed by atoms with Crippen molar-refractivity contribution >= 4 is 16.6 Å². The number of aromatic nitrogens is 1. The van der Waals surface area contributed by atoms with Crippen molar-refractivity contribution in [1.82, 2.24) is 4.57 Å². The van der Waals surface area contributed by atoms with Crippen LogP contribution in [0.25, 0.3) is 22.2 Å². The van der Waals surface area contributed by atoms with Gasteiger partial charge in [-0.15, -0.1) is 0 Å². The zero-order chi connectivity index (χ0) is 17.7. The fourth-order valence-electron chi connectivity index (χ4n) is 4.95. The first-order chi connectivity index (χ1) is 12.7. The monoisotopic (exact) mass is 346 g/mol. The zero-order valence-corrected chi connectivity index (χ0v) is 15.4. The number of anilines is 1. The van der Waals surface area contributed by atoms with Crippen LogP contribution in [-0.2, 0) is 6.54 Å². The highest BCUT2D eigenvalue weighted by Crippen LogP contribution is 2.48. The molecule has 1 aliphatic carbocycles. The van der Waals surface area contributed by atoms with Gasteiger partial charge in [0.05, 0.1) is 17.9 Å². The van der Waals surface area contributed by atoms with Crippen LogP contribution in [0.2, 0.25) is 0 Å². The molecular formula is C23H26N2O. The van der Waals surface area contributed by atoms with Crippen LogP contribution in [-0.4, -0.2) is 11.2 Å². The zero-order valence-electron chi connectivity index (χ0n) is 15.4. The molecule has 1 aliphatic heterocycles. The van der Waals surface area contributed by atoms with Crippen molar-refractivity contribution in [3.63, 3.8) is 0 Å². The van der Waals surface area contributed by atoms with E-state index in [9.17, 15) is 0 Å². The van der Waals surface area contributed by atoms with Crippen molar-refractivity contribution < 1.29 is 4.74 Å². The van der Waals surface area contributed by atoms with Gasteiger partial charge in [0.2, 0.25) is 0 Å². The van der Waals surface area contributed by atoms with E-state index < -0.39 is 0 Å². The maximum absolute atomic E-state index is 6.28. The van der Waals surface area contributed by atoms with E-state index in [0.29, 0.717) is 12.5 Å². The Morgan fingerprint density at radius 2 is 1.92 bits per heavy atom. The van der Waals surface area contributed by atoms with Gasteiger partial charge in [-0.2, -0.15) is 0 Å². The number of nitrogens with two attached hydrogens (primary N) is 1. The van der Waals surface area contributed by atoms with Crippen molar-refractivity contribution in [3.8, 4) is 17.0 Å². The molecule has 0 saturated heterocycles. The van der Waals surface area contributed by atoms with Crippen LogP contribution in [0.3, 0.4) is 0 Å². The molecule has 0 radical (unpaired) electrons. The van der Waals surface area contributed by atoms with Crippen LogP contribution in [0.5, 0.6) is 5.75 Å². The number of aryl methyl sites for hydroxylation is 1. The Kier molecular flexibility index (Phi) is 3.70. The molecule has 0 spiro atoms. The molecule has 5 rings (SSSR count). The SMILES string of the molecule is Cc1ccc2c(C3CCCCC3)c3n(c2c1)CCOc1c(N)cccc1-3. The summed E-state index contributed by atoms with van der Waals surface area (Å²) in [6.07, 6.45) is 6.62. The number of nitrogen functional groups attached to an aromatic ring is 1. The lowest BCUT2D eigenvalue weighted by atomic mass is 9.81. The van der Waals surface area contributed by atoms with E-state index in [4.69, 9.17) is 10.5 Å². The summed E-state index contributed by atoms with van der Waals surface area (Å²) in [4.78, 5) is 0. The predicted molar refractivity (Wildman–Crippen MR) is 108 cm³/mol. The maximum atomic E-state index is 6.28. The van der Waals surface area contributed by atoms with Gasteiger partial charge in [0.25, 0.3) is 0 Å². The Morgan fingerprint density at radius 3 is 2.77 bits per heavy atom. The molecule has 3 heteroatoms. The van der Waals surface area contributed by atoms with Gasteiger partial charge in [0, 0.05) is 16.5 Å². The molecule has 1 fully saturated rings. The van der Waals surface area contributed by atoms with E-state index in [-0.39, 0.29) is 0 Å². The molecule has 26 heavy (non-hydrogen) atoms. The minimum absolute atomic E-state index is 0.637. The Bertz CT molecular complexity index is 980. The molecule has 2 aliphatic rings. The van der Waals surface area contributed by atoms with Gasteiger partial charge < -0.3 is 15.0 Å². The number of para-hydroxylation sites is 1. The van der Waals surface area contributed by atoms with Gasteiger partial charge in [-0.25, -0.2) is 0 Å². The Balaban J connectivity index is 1.86. The lowest BCUT2D eigenvalue weighted by Crippen LogP contribution is -2.07. The summed E-state index contributed by atoms with van der Waals surface area (Å²) in [6, 6.07) is 13.1. The van der Waals surface area contributed by atoms with Gasteiger partial charge in [0.15, 0.2) is 5.75 Å². The quantitative estimate of drug-likeness (QED) is 0.579. The number of fused-ring (bicyclic) bond motifs is 5. The minimum Gasteiger partial charge on any atom is -0.489 e. The Hall–Kier alpha value is -2.42. The van der Waals surface area contributed by atoms with E-state index in [1.165, 1.54) is 59.8 Å². The molecule has 3 nitrogen and oxygen atoms in total. The highest BCUT2D eigenvalue weighted by molar-refractivity contribution is 5.95. The summed E-state index contributed by atoms with van der Waals surface area (Å²) >= 11 is 0. The molecule has 0 unspecified atom stereocenters. The molecular weight excluding hydrogens is 320 g/mol. The smallest absolute Gasteiger partial charge is 0.151 e. The summed E-state index contributed by atoms with van der Waals surface area (Å²) in [5.41, 5.74) is 13.7. The average Bonchev–Trinajstić information content (AvgIpc) is 2.83. The summed E-state index contributed by atoms with van der Waals surface area (Å²) in [6.45, 7) is 3.71. The molecule has 0 bridgehead atoms. The number of nitrogens with zero attached hydrogens (tertiary/aromatic N) is 1. The molecule has 2 N–H and O–H groups in total. The molecule has 134 valence electrons. The summed E-state index contributed by atoms with van der Waals surface area (Å²) < 4.78 is 8.58. The van der Waals surface area contributed by atoms with Crippen molar-refractivity contribution in [2.45, 2.75) is 51.5 Å². The van der Waals surface area contributed by atoms with Gasteiger partial charge >= 0.3 is 0 Å². The fraction of sp³-hybridized carbons (Fsp3) is 0.391. The lowest BCUT2D eigenvalue weighted by Gasteiger charge is -2.23. The van der Waals surface area contributed by atoms with E-state index >= 15 is 0 Å². The van der Waals surface area contributed by atoms with Gasteiger partial charge in [-0.05, 0) is 55.0 Å². The first-order valence-corrected chi connectivity index (χ1v) is 9.88. The van der Waals surface area contributed by atoms with Crippen LogP contribution < -0.4 is 10.5 Å². The third-order valence-corrected chi connectivity index (χ3v) is 6.13. The van der Waals surface area contributed by atoms with Crippen molar-refractivity contribution in [2.24, 2.45) is 0 Å². The number of hydrogen-bond acceptors (Lipinski definition) is 2. The minimum atomic E-state index is 0.637. The third kappa shape index (κ3) is 2.33. The van der Waals surface area contributed by atoms with E-state index in [2.05, 4.69) is 41.8 Å². The van der Waals surface area contributed by atoms with Crippen molar-refractivity contribution in [3.05, 3.63) is 47.5 Å². The van der Waals surface area contributed by atoms with Crippen LogP contribution >= 0.6 is 0 Å². The molecule has 1 saturated carbocycles. The largest absolute Gasteiger partial charge is 0.489 e. The van der Waals surface area contributed by atoms with Crippen LogP contribution in [0.15, 0.2) is 36.4 Å². The highest BCUT2D eigenvalue weighted by atomic mass is 16.5. The van der Waals surface area contributed by atoms with Crippen molar-refractivity contribution in [1.29, 1.82) is 0 Å². The molecule has 3 aromatic rings. The standard InChI is InChI=1S/C23H26N2O/c1-15-10-11-17-20(14-15)25-12-13-26-23-18(8-5-9-19(23)24)22(25)21(17)16-6-3-2-4-7-16/h5,8-11,14,16H,2-4,6-7,12-13,24H2,1H3. The second-order valence-corrected chi connectivity index (χ2v) is 7.84. The van der Waals surface area contributed by atoms with E-state index in [1.807, 2.05) is 6.07 Å². The third-order valence-electron chi connectivity index (χ3n) is 6.13. The second kappa shape index (κ2) is 6.08. The molecule has 0 amide bonds. The van der Waals surface area contributed by atoms with Crippen LogP contribution in [0.4, 0.5) is 5.69 Å². The summed E-state index contributed by atoms with van der Waals surface area (Å²) in [7, 11) is 0. The van der Waals surface area contributed by atoms with Gasteiger partial charge in [-0.3, -0.25) is 0 Å². The van der Waals surface area contributed by atoms with E-state index in [1.54, 1.807) is 0 Å². The maximum Gasteiger partial charge on any atom is 0.151 e. The van der Waals surface area contributed by atoms with Crippen LogP contribution in [0.1, 0.15) is 49.1 Å². The molecule has 2 aromatic carbocycles. The summed E-state index contributed by atoms with van der Waals surface area (Å²) in [5, 5.41) is 1.42. The van der Waals surface area contributed by atoms with Crippen LogP contribution in [0, 0.1) is 6.92 Å². The Labute approximate surface area is 154 Å². The number of benzene rings is 2. The van der Waals surface area contributed by atoms with Gasteiger partial charge in [-0.1, -0.05) is 37.5 Å². The molecule has 2 heterocycles. The van der Waals surface area contributed by atoms with E-state index in [0.717, 1.165) is 23.5 Å². The lowest BCUT2D eigenvalue weighted by molar-refractivity contribution is 0.310. The molecule has 0 atom stereocenters. The normalized spacial score (nSPS) is 17.4. The number of hydrogen-bond donors (Lipinski definition) is 1. The first-order valence-electron chi connectivity index (χ1n) is 9.88.